The second kappa shape index (κ2) is 7.84. The van der Waals surface area contributed by atoms with E-state index in [0.717, 1.165) is 29.3 Å². The van der Waals surface area contributed by atoms with Crippen LogP contribution in [0.5, 0.6) is 0 Å². The van der Waals surface area contributed by atoms with Gasteiger partial charge in [-0.25, -0.2) is 0 Å². The second-order valence-electron chi connectivity index (χ2n) is 5.82. The Kier molecular flexibility index (Phi) is 6.74. The number of ether oxygens (including phenoxy) is 1. The Labute approximate surface area is 131 Å². The zero-order chi connectivity index (χ0) is 16.0. The Morgan fingerprint density at radius 3 is 2.71 bits per heavy atom. The molecule has 5 nitrogen and oxygen atoms in total. The van der Waals surface area contributed by atoms with Crippen molar-refractivity contribution in [1.82, 2.24) is 15.1 Å². The topological polar surface area (TPSA) is 56.1 Å². The molecule has 0 fully saturated rings. The van der Waals surface area contributed by atoms with Gasteiger partial charge in [0.1, 0.15) is 5.54 Å². The number of carbonyl (C=O) groups is 1. The van der Waals surface area contributed by atoms with Crippen LogP contribution < -0.4 is 5.32 Å². The average molecular weight is 313 g/mol. The van der Waals surface area contributed by atoms with Crippen molar-refractivity contribution in [2.45, 2.75) is 57.1 Å². The smallest absolute Gasteiger partial charge is 0.325 e. The van der Waals surface area contributed by atoms with Crippen molar-refractivity contribution in [3.8, 4) is 0 Å². The molecule has 0 aliphatic heterocycles. The number of methoxy groups -OCH3 is 1. The molecule has 21 heavy (non-hydrogen) atoms. The maximum Gasteiger partial charge on any atom is 0.325 e. The Balaban J connectivity index is 2.50. The monoisotopic (exact) mass is 313 g/mol. The van der Waals surface area contributed by atoms with Crippen LogP contribution in [0.3, 0.4) is 0 Å². The lowest BCUT2D eigenvalue weighted by Crippen LogP contribution is -2.53. The van der Waals surface area contributed by atoms with Crippen molar-refractivity contribution in [3.63, 3.8) is 0 Å². The molecule has 0 aliphatic rings. The largest absolute Gasteiger partial charge is 0.468 e. The average Bonchev–Trinajstić information content (AvgIpc) is 2.71. The summed E-state index contributed by atoms with van der Waals surface area (Å²) in [6.45, 7) is 7.98. The number of hydrogen-bond acceptors (Lipinski definition) is 5. The molecule has 6 heteroatoms. The molecular weight excluding hydrogens is 286 g/mol. The van der Waals surface area contributed by atoms with Gasteiger partial charge in [0.25, 0.3) is 0 Å². The molecule has 1 atom stereocenters. The highest BCUT2D eigenvalue weighted by atomic mass is 32.2. The van der Waals surface area contributed by atoms with Crippen LogP contribution in [0.1, 0.15) is 39.3 Å². The van der Waals surface area contributed by atoms with Gasteiger partial charge >= 0.3 is 5.97 Å². The van der Waals surface area contributed by atoms with E-state index in [1.165, 1.54) is 7.11 Å². The summed E-state index contributed by atoms with van der Waals surface area (Å²) in [6.07, 6.45) is 1.68. The van der Waals surface area contributed by atoms with Gasteiger partial charge < -0.3 is 4.74 Å². The van der Waals surface area contributed by atoms with E-state index in [-0.39, 0.29) is 12.0 Å². The lowest BCUT2D eigenvalue weighted by atomic mass is 9.95. The predicted octanol–water partition coefficient (Wildman–Crippen LogP) is 2.53. The molecule has 1 aromatic heterocycles. The minimum Gasteiger partial charge on any atom is -0.468 e. The predicted molar refractivity (Wildman–Crippen MR) is 86.6 cm³/mol. The van der Waals surface area contributed by atoms with Gasteiger partial charge in [-0.15, -0.1) is 11.8 Å². The molecule has 0 bridgehead atoms. The number of rotatable bonds is 8. The Hall–Kier alpha value is -1.01. The van der Waals surface area contributed by atoms with Crippen LogP contribution in [-0.4, -0.2) is 40.2 Å². The number of esters is 1. The van der Waals surface area contributed by atoms with Crippen molar-refractivity contribution < 1.29 is 9.53 Å². The van der Waals surface area contributed by atoms with Crippen LogP contribution in [-0.2, 0) is 16.6 Å². The molecule has 1 heterocycles. The molecular formula is C15H27N3O2S. The van der Waals surface area contributed by atoms with E-state index >= 15 is 0 Å². The summed E-state index contributed by atoms with van der Waals surface area (Å²) in [5.41, 5.74) is 0.409. The van der Waals surface area contributed by atoms with Gasteiger partial charge in [-0.05, 0) is 52.4 Å². The van der Waals surface area contributed by atoms with Gasteiger partial charge in [0.15, 0.2) is 0 Å². The molecule has 1 rings (SSSR count). The fraction of sp³-hybridized carbons (Fsp3) is 0.733. The first-order valence-electron chi connectivity index (χ1n) is 7.28. The lowest BCUT2D eigenvalue weighted by molar-refractivity contribution is -0.148. The zero-order valence-electron chi connectivity index (χ0n) is 13.9. The van der Waals surface area contributed by atoms with Gasteiger partial charge in [-0.3, -0.25) is 14.8 Å². The van der Waals surface area contributed by atoms with Gasteiger partial charge in [-0.1, -0.05) is 0 Å². The highest BCUT2D eigenvalue weighted by Gasteiger charge is 2.34. The first-order chi connectivity index (χ1) is 9.78. The van der Waals surface area contributed by atoms with Crippen LogP contribution >= 0.6 is 11.8 Å². The van der Waals surface area contributed by atoms with E-state index in [4.69, 9.17) is 4.74 Å². The number of hydrogen-bond donors (Lipinski definition) is 1. The molecule has 0 aliphatic carbocycles. The number of nitrogens with one attached hydrogen (secondary N) is 1. The fourth-order valence-electron chi connectivity index (χ4n) is 2.42. The second-order valence-corrected chi connectivity index (χ2v) is 6.94. The van der Waals surface area contributed by atoms with Crippen LogP contribution in [0.15, 0.2) is 11.1 Å². The lowest BCUT2D eigenvalue weighted by Gasteiger charge is -2.30. The third kappa shape index (κ3) is 5.36. The van der Waals surface area contributed by atoms with Crippen molar-refractivity contribution in [1.29, 1.82) is 0 Å². The number of carbonyl (C=O) groups excluding carboxylic acids is 1. The normalized spacial score (nSPS) is 14.2. The van der Waals surface area contributed by atoms with Gasteiger partial charge in [0.05, 0.1) is 17.8 Å². The Morgan fingerprint density at radius 2 is 2.24 bits per heavy atom. The molecule has 120 valence electrons. The molecule has 0 spiro atoms. The summed E-state index contributed by atoms with van der Waals surface area (Å²) in [7, 11) is 3.39. The number of aromatic nitrogens is 2. The van der Waals surface area contributed by atoms with Crippen LogP contribution in [0.4, 0.5) is 0 Å². The van der Waals surface area contributed by atoms with Crippen LogP contribution in [0.2, 0.25) is 0 Å². The van der Waals surface area contributed by atoms with E-state index in [2.05, 4.69) is 16.5 Å². The molecule has 0 aromatic carbocycles. The number of aryl methyl sites for hydroxylation is 2. The summed E-state index contributed by atoms with van der Waals surface area (Å²) in [4.78, 5) is 12.0. The maximum atomic E-state index is 12.0. The molecule has 0 saturated carbocycles. The molecule has 0 radical (unpaired) electrons. The van der Waals surface area contributed by atoms with Crippen molar-refractivity contribution in [2.24, 2.45) is 7.05 Å². The molecule has 1 N–H and O–H groups in total. The number of nitrogens with zero attached hydrogens (tertiary/aromatic N) is 2. The van der Waals surface area contributed by atoms with Gasteiger partial charge in [-0.2, -0.15) is 5.10 Å². The summed E-state index contributed by atoms with van der Waals surface area (Å²) in [5.74, 6) is 0.753. The van der Waals surface area contributed by atoms with Crippen molar-refractivity contribution in [3.05, 3.63) is 11.8 Å². The molecule has 0 amide bonds. The van der Waals surface area contributed by atoms with E-state index in [1.807, 2.05) is 39.4 Å². The zero-order valence-corrected chi connectivity index (χ0v) is 14.7. The minimum atomic E-state index is -0.619. The SMILES string of the molecule is COC(=O)C(C)(CCCSc1cc(C)nn1C)NC(C)C. The van der Waals surface area contributed by atoms with E-state index < -0.39 is 5.54 Å². The number of thioether (sulfide) groups is 1. The fourth-order valence-corrected chi connectivity index (χ4v) is 3.40. The minimum absolute atomic E-state index is 0.197. The highest BCUT2D eigenvalue weighted by molar-refractivity contribution is 7.99. The van der Waals surface area contributed by atoms with Gasteiger partial charge in [0, 0.05) is 13.1 Å². The molecule has 0 saturated heterocycles. The highest BCUT2D eigenvalue weighted by Crippen LogP contribution is 2.22. The summed E-state index contributed by atoms with van der Waals surface area (Å²) >= 11 is 1.77. The van der Waals surface area contributed by atoms with E-state index in [9.17, 15) is 4.79 Å². The van der Waals surface area contributed by atoms with E-state index in [1.54, 1.807) is 11.8 Å². The Bertz CT molecular complexity index is 473. The van der Waals surface area contributed by atoms with E-state index in [0.29, 0.717) is 0 Å². The van der Waals surface area contributed by atoms with Crippen LogP contribution in [0, 0.1) is 6.92 Å². The van der Waals surface area contributed by atoms with Crippen molar-refractivity contribution in [2.75, 3.05) is 12.9 Å². The molecule has 1 aromatic rings. The quantitative estimate of drug-likeness (QED) is 0.454. The summed E-state index contributed by atoms with van der Waals surface area (Å²) in [6, 6.07) is 2.32. The first-order valence-corrected chi connectivity index (χ1v) is 8.26. The van der Waals surface area contributed by atoms with Gasteiger partial charge in [0.2, 0.25) is 0 Å². The summed E-state index contributed by atoms with van der Waals surface area (Å²) in [5, 5.41) is 8.81. The first kappa shape index (κ1) is 18.0. The molecule has 1 unspecified atom stereocenters. The van der Waals surface area contributed by atoms with Crippen molar-refractivity contribution >= 4 is 17.7 Å². The maximum absolute atomic E-state index is 12.0. The van der Waals surface area contributed by atoms with Crippen LogP contribution in [0.25, 0.3) is 0 Å². The Morgan fingerprint density at radius 1 is 1.57 bits per heavy atom. The third-order valence-corrected chi connectivity index (χ3v) is 4.44. The standard InChI is InChI=1S/C15H27N3O2S/c1-11(2)16-15(4,14(19)20-6)8-7-9-21-13-10-12(3)17-18(13)5/h10-11,16H,7-9H2,1-6H3. The third-order valence-electron chi connectivity index (χ3n) is 3.27. The summed E-state index contributed by atoms with van der Waals surface area (Å²) < 4.78 is 6.83.